The maximum absolute atomic E-state index is 12.3. The number of piperidine rings is 1. The van der Waals surface area contributed by atoms with Crippen LogP contribution in [0.15, 0.2) is 18.3 Å². The van der Waals surface area contributed by atoms with Crippen molar-refractivity contribution in [1.29, 1.82) is 0 Å². The van der Waals surface area contributed by atoms with Crippen molar-refractivity contribution < 1.29 is 4.79 Å². The molecule has 6 nitrogen and oxygen atoms in total. The Hall–Kier alpha value is -1.66. The standard InChI is InChI=1S/C13H21N5O/c1-17-7-3-4-11(9-17)18(2)13(19)12-6-5-10(16-14)8-15-12/h5-6,8,11,16H,3-4,7,9,14H2,1-2H3. The molecule has 1 aliphatic heterocycles. The van der Waals surface area contributed by atoms with Crippen LogP contribution in [0.25, 0.3) is 0 Å². The van der Waals surface area contributed by atoms with E-state index in [1.165, 1.54) is 0 Å². The fourth-order valence-corrected chi connectivity index (χ4v) is 2.41. The van der Waals surface area contributed by atoms with Crippen molar-refractivity contribution in [3.8, 4) is 0 Å². The number of likely N-dealkylation sites (N-methyl/N-ethyl adjacent to an activating group) is 2. The first-order valence-corrected chi connectivity index (χ1v) is 6.50. The number of pyridine rings is 1. The summed E-state index contributed by atoms with van der Waals surface area (Å²) in [6, 6.07) is 3.71. The number of hydrogen-bond acceptors (Lipinski definition) is 5. The zero-order valence-electron chi connectivity index (χ0n) is 11.5. The fourth-order valence-electron chi connectivity index (χ4n) is 2.41. The SMILES string of the molecule is CN1CCCC(N(C)C(=O)c2ccc(NN)cn2)C1. The topological polar surface area (TPSA) is 74.5 Å². The third kappa shape index (κ3) is 3.21. The molecule has 0 aliphatic carbocycles. The summed E-state index contributed by atoms with van der Waals surface area (Å²) in [6.07, 6.45) is 3.74. The van der Waals surface area contributed by atoms with E-state index < -0.39 is 0 Å². The van der Waals surface area contributed by atoms with Gasteiger partial charge in [0, 0.05) is 19.6 Å². The molecule has 0 radical (unpaired) electrons. The van der Waals surface area contributed by atoms with Gasteiger partial charge < -0.3 is 15.2 Å². The predicted molar refractivity (Wildman–Crippen MR) is 74.7 cm³/mol. The number of amides is 1. The summed E-state index contributed by atoms with van der Waals surface area (Å²) in [5.74, 6) is 5.24. The van der Waals surface area contributed by atoms with Crippen LogP contribution in [0.4, 0.5) is 5.69 Å². The van der Waals surface area contributed by atoms with Gasteiger partial charge in [0.2, 0.25) is 0 Å². The van der Waals surface area contributed by atoms with Gasteiger partial charge in [0.1, 0.15) is 5.69 Å². The van der Waals surface area contributed by atoms with E-state index in [-0.39, 0.29) is 11.9 Å². The molecule has 1 aromatic rings. The van der Waals surface area contributed by atoms with Gasteiger partial charge in [-0.25, -0.2) is 4.98 Å². The molecule has 104 valence electrons. The lowest BCUT2D eigenvalue weighted by Crippen LogP contribution is -2.47. The van der Waals surface area contributed by atoms with Crippen LogP contribution in [0, 0.1) is 0 Å². The van der Waals surface area contributed by atoms with E-state index in [1.54, 1.807) is 23.2 Å². The minimum Gasteiger partial charge on any atom is -0.336 e. The molecule has 6 heteroatoms. The van der Waals surface area contributed by atoms with E-state index in [0.29, 0.717) is 11.4 Å². The van der Waals surface area contributed by atoms with Crippen LogP contribution in [-0.2, 0) is 0 Å². The van der Waals surface area contributed by atoms with Crippen molar-refractivity contribution in [2.75, 3.05) is 32.6 Å². The lowest BCUT2D eigenvalue weighted by atomic mass is 10.0. The van der Waals surface area contributed by atoms with E-state index in [1.807, 2.05) is 7.05 Å². The van der Waals surface area contributed by atoms with Crippen molar-refractivity contribution in [2.45, 2.75) is 18.9 Å². The second-order valence-electron chi connectivity index (χ2n) is 5.05. The van der Waals surface area contributed by atoms with Crippen LogP contribution in [-0.4, -0.2) is 53.9 Å². The van der Waals surface area contributed by atoms with Gasteiger partial charge >= 0.3 is 0 Å². The van der Waals surface area contributed by atoms with Gasteiger partial charge in [-0.3, -0.25) is 10.6 Å². The molecule has 1 aromatic heterocycles. The Morgan fingerprint density at radius 3 is 2.95 bits per heavy atom. The Labute approximate surface area is 113 Å². The Morgan fingerprint density at radius 1 is 1.58 bits per heavy atom. The first kappa shape index (κ1) is 13.8. The van der Waals surface area contributed by atoms with E-state index >= 15 is 0 Å². The highest BCUT2D eigenvalue weighted by Gasteiger charge is 2.25. The molecular formula is C13H21N5O. The number of nitrogens with zero attached hydrogens (tertiary/aromatic N) is 3. The average molecular weight is 263 g/mol. The second-order valence-corrected chi connectivity index (χ2v) is 5.05. The van der Waals surface area contributed by atoms with E-state index in [9.17, 15) is 4.79 Å². The summed E-state index contributed by atoms with van der Waals surface area (Å²) in [4.78, 5) is 20.5. The van der Waals surface area contributed by atoms with Gasteiger partial charge in [-0.2, -0.15) is 0 Å². The third-order valence-corrected chi connectivity index (χ3v) is 3.62. The van der Waals surface area contributed by atoms with E-state index in [4.69, 9.17) is 5.84 Å². The lowest BCUT2D eigenvalue weighted by Gasteiger charge is -2.35. The highest BCUT2D eigenvalue weighted by Crippen LogP contribution is 2.15. The minimum absolute atomic E-state index is 0.0381. The number of nitrogens with one attached hydrogen (secondary N) is 1. The Morgan fingerprint density at radius 2 is 2.37 bits per heavy atom. The summed E-state index contributed by atoms with van der Waals surface area (Å²) in [5.41, 5.74) is 3.64. The van der Waals surface area contributed by atoms with Crippen LogP contribution in [0.2, 0.25) is 0 Å². The average Bonchev–Trinajstić information content (AvgIpc) is 2.46. The fraction of sp³-hybridized carbons (Fsp3) is 0.538. The molecule has 1 aliphatic rings. The molecule has 19 heavy (non-hydrogen) atoms. The Balaban J connectivity index is 2.05. The van der Waals surface area contributed by atoms with Crippen LogP contribution in [0.1, 0.15) is 23.3 Å². The van der Waals surface area contributed by atoms with Crippen molar-refractivity contribution >= 4 is 11.6 Å². The largest absolute Gasteiger partial charge is 0.336 e. The molecule has 1 saturated heterocycles. The third-order valence-electron chi connectivity index (χ3n) is 3.62. The van der Waals surface area contributed by atoms with Gasteiger partial charge in [0.25, 0.3) is 5.91 Å². The second kappa shape index (κ2) is 5.99. The molecule has 3 N–H and O–H groups in total. The number of hydrazine groups is 1. The van der Waals surface area contributed by atoms with Crippen LogP contribution >= 0.6 is 0 Å². The van der Waals surface area contributed by atoms with E-state index in [2.05, 4.69) is 22.4 Å². The van der Waals surface area contributed by atoms with Crippen molar-refractivity contribution in [3.63, 3.8) is 0 Å². The number of nitrogens with two attached hydrogens (primary N) is 1. The van der Waals surface area contributed by atoms with Crippen LogP contribution in [0.3, 0.4) is 0 Å². The molecule has 0 saturated carbocycles. The van der Waals surface area contributed by atoms with Crippen molar-refractivity contribution in [3.05, 3.63) is 24.0 Å². The molecule has 0 aromatic carbocycles. The predicted octanol–water partition coefficient (Wildman–Crippen LogP) is 0.533. The molecule has 1 unspecified atom stereocenters. The van der Waals surface area contributed by atoms with Gasteiger partial charge in [-0.15, -0.1) is 0 Å². The maximum Gasteiger partial charge on any atom is 0.272 e. The minimum atomic E-state index is -0.0381. The van der Waals surface area contributed by atoms with Crippen molar-refractivity contribution in [1.82, 2.24) is 14.8 Å². The molecular weight excluding hydrogens is 242 g/mol. The number of nitrogen functional groups attached to an aromatic ring is 1. The number of rotatable bonds is 3. The molecule has 0 bridgehead atoms. The molecule has 1 atom stereocenters. The van der Waals surface area contributed by atoms with Gasteiger partial charge in [-0.05, 0) is 38.6 Å². The highest BCUT2D eigenvalue weighted by atomic mass is 16.2. The van der Waals surface area contributed by atoms with Crippen LogP contribution < -0.4 is 11.3 Å². The smallest absolute Gasteiger partial charge is 0.272 e. The van der Waals surface area contributed by atoms with Crippen LogP contribution in [0.5, 0.6) is 0 Å². The number of likely N-dealkylation sites (tertiary alicyclic amines) is 1. The maximum atomic E-state index is 12.3. The quantitative estimate of drug-likeness (QED) is 0.615. The number of carbonyl (C=O) groups excluding carboxylic acids is 1. The van der Waals surface area contributed by atoms with Gasteiger partial charge in [0.15, 0.2) is 0 Å². The molecule has 1 amide bonds. The zero-order chi connectivity index (χ0) is 13.8. The normalized spacial score (nSPS) is 20.1. The number of anilines is 1. The number of hydrogen-bond donors (Lipinski definition) is 2. The lowest BCUT2D eigenvalue weighted by molar-refractivity contribution is 0.0638. The summed E-state index contributed by atoms with van der Waals surface area (Å²) in [6.45, 7) is 2.03. The van der Waals surface area contributed by atoms with Crippen molar-refractivity contribution in [2.24, 2.45) is 5.84 Å². The number of carbonyl (C=O) groups is 1. The molecule has 1 fully saturated rings. The first-order chi connectivity index (χ1) is 9.11. The molecule has 2 rings (SSSR count). The molecule has 2 heterocycles. The summed E-state index contributed by atoms with van der Waals surface area (Å²) in [7, 11) is 3.94. The van der Waals surface area contributed by atoms with E-state index in [0.717, 1.165) is 25.9 Å². The summed E-state index contributed by atoms with van der Waals surface area (Å²) in [5, 5.41) is 0. The zero-order valence-corrected chi connectivity index (χ0v) is 11.5. The Bertz CT molecular complexity index is 433. The van der Waals surface area contributed by atoms with Gasteiger partial charge in [0.05, 0.1) is 11.9 Å². The number of aromatic nitrogens is 1. The first-order valence-electron chi connectivity index (χ1n) is 6.50. The molecule has 0 spiro atoms. The Kier molecular flexibility index (Phi) is 4.34. The van der Waals surface area contributed by atoms with Gasteiger partial charge in [-0.1, -0.05) is 0 Å². The highest BCUT2D eigenvalue weighted by molar-refractivity contribution is 5.92. The summed E-state index contributed by atoms with van der Waals surface area (Å²) < 4.78 is 0. The summed E-state index contributed by atoms with van der Waals surface area (Å²) >= 11 is 0. The monoisotopic (exact) mass is 263 g/mol.